The molecule has 1 fully saturated rings. The molecule has 1 aromatic carbocycles. The summed E-state index contributed by atoms with van der Waals surface area (Å²) < 4.78 is 0. The molecule has 1 aromatic rings. The normalized spacial score (nSPS) is 24.2. The van der Waals surface area contributed by atoms with Crippen molar-refractivity contribution in [2.24, 2.45) is 11.8 Å². The fourth-order valence-electron chi connectivity index (χ4n) is 3.25. The monoisotopic (exact) mass is 290 g/mol. The average Bonchev–Trinajstić information content (AvgIpc) is 2.86. The number of hydrazine groups is 1. The Morgan fingerprint density at radius 1 is 1.38 bits per heavy atom. The molecule has 2 rings (SSSR count). The van der Waals surface area contributed by atoms with Crippen LogP contribution in [0.25, 0.3) is 0 Å². The van der Waals surface area contributed by atoms with E-state index in [9.17, 15) is 4.79 Å². The lowest BCUT2D eigenvalue weighted by Gasteiger charge is -2.24. The number of likely N-dealkylation sites (N-methyl/N-ethyl adjacent to an activating group) is 1. The van der Waals surface area contributed by atoms with Crippen molar-refractivity contribution >= 4 is 5.91 Å². The molecule has 1 aliphatic rings. The molecule has 3 N–H and O–H groups in total. The third-order valence-electron chi connectivity index (χ3n) is 4.41. The molecule has 0 bridgehead atoms. The summed E-state index contributed by atoms with van der Waals surface area (Å²) in [5.41, 5.74) is 3.32. The van der Waals surface area contributed by atoms with Crippen molar-refractivity contribution < 1.29 is 4.79 Å². The number of nitrogens with zero attached hydrogens (tertiary/aromatic N) is 2. The minimum atomic E-state index is -0.218. The highest BCUT2D eigenvalue weighted by atomic mass is 16.2. The minimum Gasteiger partial charge on any atom is -0.305 e. The Kier molecular flexibility index (Phi) is 5.33. The lowest BCUT2D eigenvalue weighted by atomic mass is 9.98. The zero-order valence-corrected chi connectivity index (χ0v) is 13.1. The fourth-order valence-corrected chi connectivity index (χ4v) is 3.25. The van der Waals surface area contributed by atoms with Crippen LogP contribution in [0.15, 0.2) is 30.3 Å². The van der Waals surface area contributed by atoms with Gasteiger partial charge in [-0.1, -0.05) is 37.3 Å². The predicted octanol–water partition coefficient (Wildman–Crippen LogP) is 0.642. The molecule has 0 radical (unpaired) electrons. The summed E-state index contributed by atoms with van der Waals surface area (Å²) in [6, 6.07) is 10.4. The average molecular weight is 290 g/mol. The lowest BCUT2D eigenvalue weighted by Crippen LogP contribution is -2.40. The highest BCUT2D eigenvalue weighted by Gasteiger charge is 2.33. The first-order chi connectivity index (χ1) is 10.0. The van der Waals surface area contributed by atoms with Gasteiger partial charge in [0.05, 0.1) is 5.92 Å². The van der Waals surface area contributed by atoms with Crippen LogP contribution >= 0.6 is 0 Å². The van der Waals surface area contributed by atoms with E-state index in [0.717, 1.165) is 18.7 Å². The van der Waals surface area contributed by atoms with E-state index in [1.165, 1.54) is 0 Å². The SMILES string of the molecule is CC1CN(CC(C(=O)NN)c2ccccc2)CC1N(C)C. The van der Waals surface area contributed by atoms with Crippen LogP contribution in [0.4, 0.5) is 0 Å². The lowest BCUT2D eigenvalue weighted by molar-refractivity contribution is -0.123. The van der Waals surface area contributed by atoms with Crippen molar-refractivity contribution in [3.8, 4) is 0 Å². The van der Waals surface area contributed by atoms with Crippen LogP contribution in [0.2, 0.25) is 0 Å². The fraction of sp³-hybridized carbons (Fsp3) is 0.562. The van der Waals surface area contributed by atoms with Crippen LogP contribution in [0, 0.1) is 5.92 Å². The highest BCUT2D eigenvalue weighted by Crippen LogP contribution is 2.24. The molecule has 1 amide bonds. The Balaban J connectivity index is 2.09. The van der Waals surface area contributed by atoms with E-state index in [1.807, 2.05) is 30.3 Å². The van der Waals surface area contributed by atoms with Crippen LogP contribution in [-0.4, -0.2) is 55.5 Å². The van der Waals surface area contributed by atoms with Crippen LogP contribution in [0.3, 0.4) is 0 Å². The van der Waals surface area contributed by atoms with Crippen molar-refractivity contribution in [3.63, 3.8) is 0 Å². The van der Waals surface area contributed by atoms with Crippen molar-refractivity contribution in [2.45, 2.75) is 18.9 Å². The maximum atomic E-state index is 12.1. The molecule has 3 atom stereocenters. The second-order valence-corrected chi connectivity index (χ2v) is 6.20. The molecule has 0 aliphatic carbocycles. The van der Waals surface area contributed by atoms with Crippen LogP contribution in [-0.2, 0) is 4.79 Å². The number of rotatable bonds is 5. The Labute approximate surface area is 127 Å². The maximum absolute atomic E-state index is 12.1. The Hall–Kier alpha value is -1.43. The van der Waals surface area contributed by atoms with Crippen LogP contribution < -0.4 is 11.3 Å². The molecule has 1 heterocycles. The predicted molar refractivity (Wildman–Crippen MR) is 84.6 cm³/mol. The number of hydrogen-bond donors (Lipinski definition) is 2. The zero-order valence-electron chi connectivity index (χ0n) is 13.1. The molecule has 116 valence electrons. The molecule has 0 saturated carbocycles. The largest absolute Gasteiger partial charge is 0.305 e. The van der Waals surface area contributed by atoms with Gasteiger partial charge in [-0.3, -0.25) is 10.2 Å². The standard InChI is InChI=1S/C16H26N4O/c1-12-9-20(11-15(12)19(2)3)10-14(16(21)18-17)13-7-5-4-6-8-13/h4-8,12,14-15H,9-11,17H2,1-3H3,(H,18,21). The summed E-state index contributed by atoms with van der Waals surface area (Å²) in [5.74, 6) is 5.63. The van der Waals surface area contributed by atoms with Gasteiger partial charge < -0.3 is 9.80 Å². The maximum Gasteiger partial charge on any atom is 0.242 e. The summed E-state index contributed by atoms with van der Waals surface area (Å²) in [6.45, 7) is 4.99. The van der Waals surface area contributed by atoms with Gasteiger partial charge in [-0.15, -0.1) is 0 Å². The molecule has 1 saturated heterocycles. The molecule has 0 spiro atoms. The quantitative estimate of drug-likeness (QED) is 0.475. The van der Waals surface area contributed by atoms with Crippen molar-refractivity contribution in [1.29, 1.82) is 0 Å². The van der Waals surface area contributed by atoms with Gasteiger partial charge in [-0.2, -0.15) is 0 Å². The minimum absolute atomic E-state index is 0.123. The molecule has 5 nitrogen and oxygen atoms in total. The Morgan fingerprint density at radius 3 is 2.57 bits per heavy atom. The number of carbonyl (C=O) groups is 1. The topological polar surface area (TPSA) is 61.6 Å². The third kappa shape index (κ3) is 3.81. The number of likely N-dealkylation sites (tertiary alicyclic amines) is 1. The Morgan fingerprint density at radius 2 is 2.05 bits per heavy atom. The summed E-state index contributed by atoms with van der Waals surface area (Å²) in [5, 5.41) is 0. The van der Waals surface area contributed by atoms with Gasteiger partial charge in [-0.05, 0) is 25.6 Å². The summed E-state index contributed by atoms with van der Waals surface area (Å²) in [6.07, 6.45) is 0. The first-order valence-electron chi connectivity index (χ1n) is 7.47. The second-order valence-electron chi connectivity index (χ2n) is 6.20. The van der Waals surface area contributed by atoms with E-state index >= 15 is 0 Å². The summed E-state index contributed by atoms with van der Waals surface area (Å²) >= 11 is 0. The smallest absolute Gasteiger partial charge is 0.242 e. The molecule has 3 unspecified atom stereocenters. The number of amides is 1. The molecule has 0 aromatic heterocycles. The summed E-state index contributed by atoms with van der Waals surface area (Å²) in [7, 11) is 4.23. The van der Waals surface area contributed by atoms with Gasteiger partial charge in [0.15, 0.2) is 0 Å². The first kappa shape index (κ1) is 15.9. The highest BCUT2D eigenvalue weighted by molar-refractivity contribution is 5.83. The first-order valence-corrected chi connectivity index (χ1v) is 7.47. The molecule has 1 aliphatic heterocycles. The van der Waals surface area contributed by atoms with Gasteiger partial charge in [0, 0.05) is 25.7 Å². The molecular weight excluding hydrogens is 264 g/mol. The molecule has 5 heteroatoms. The van der Waals surface area contributed by atoms with E-state index in [1.54, 1.807) is 0 Å². The number of nitrogens with one attached hydrogen (secondary N) is 1. The third-order valence-corrected chi connectivity index (χ3v) is 4.41. The van der Waals surface area contributed by atoms with Gasteiger partial charge in [0.25, 0.3) is 0 Å². The van der Waals surface area contributed by atoms with Gasteiger partial charge >= 0.3 is 0 Å². The van der Waals surface area contributed by atoms with Crippen LogP contribution in [0.5, 0.6) is 0 Å². The number of carbonyl (C=O) groups excluding carboxylic acids is 1. The summed E-state index contributed by atoms with van der Waals surface area (Å²) in [4.78, 5) is 16.8. The number of hydrogen-bond acceptors (Lipinski definition) is 4. The Bertz CT molecular complexity index is 463. The number of nitrogens with two attached hydrogens (primary N) is 1. The zero-order chi connectivity index (χ0) is 15.4. The molecular formula is C16H26N4O. The van der Waals surface area contributed by atoms with Gasteiger partial charge in [-0.25, -0.2) is 5.84 Å². The van der Waals surface area contributed by atoms with E-state index in [-0.39, 0.29) is 11.8 Å². The van der Waals surface area contributed by atoms with Gasteiger partial charge in [0.2, 0.25) is 5.91 Å². The number of benzene rings is 1. The van der Waals surface area contributed by atoms with Crippen molar-refractivity contribution in [3.05, 3.63) is 35.9 Å². The van der Waals surface area contributed by atoms with E-state index in [4.69, 9.17) is 5.84 Å². The van der Waals surface area contributed by atoms with Gasteiger partial charge in [0.1, 0.15) is 0 Å². The van der Waals surface area contributed by atoms with E-state index in [2.05, 4.69) is 36.2 Å². The van der Waals surface area contributed by atoms with Crippen molar-refractivity contribution in [2.75, 3.05) is 33.7 Å². The van der Waals surface area contributed by atoms with E-state index < -0.39 is 0 Å². The van der Waals surface area contributed by atoms with E-state index in [0.29, 0.717) is 18.5 Å². The van der Waals surface area contributed by atoms with Crippen molar-refractivity contribution in [1.82, 2.24) is 15.2 Å². The molecule has 21 heavy (non-hydrogen) atoms. The second kappa shape index (κ2) is 7.02. The van der Waals surface area contributed by atoms with Crippen LogP contribution in [0.1, 0.15) is 18.4 Å².